The minimum absolute atomic E-state index is 0.0582. The van der Waals surface area contributed by atoms with Crippen LogP contribution in [-0.4, -0.2) is 53.8 Å². The molecule has 4 rings (SSSR count). The molecule has 174 valence electrons. The van der Waals surface area contributed by atoms with E-state index in [4.69, 9.17) is 4.74 Å². The van der Waals surface area contributed by atoms with Gasteiger partial charge in [-0.15, -0.1) is 11.3 Å². The van der Waals surface area contributed by atoms with Crippen LogP contribution in [0.15, 0.2) is 59.1 Å². The third-order valence-electron chi connectivity index (χ3n) is 6.12. The van der Waals surface area contributed by atoms with Gasteiger partial charge in [0, 0.05) is 35.7 Å². The number of nitrogens with zero attached hydrogens (tertiary/aromatic N) is 2. The monoisotopic (exact) mass is 467 g/mol. The molecule has 33 heavy (non-hydrogen) atoms. The molecule has 0 aliphatic carbocycles. The van der Waals surface area contributed by atoms with Crippen LogP contribution in [-0.2, 0) is 32.2 Å². The number of amides is 3. The van der Waals surface area contributed by atoms with Crippen LogP contribution in [0.5, 0.6) is 0 Å². The molecule has 1 aromatic heterocycles. The molecule has 3 amide bonds. The Morgan fingerprint density at radius 1 is 1.12 bits per heavy atom. The zero-order valence-electron chi connectivity index (χ0n) is 18.8. The second kappa shape index (κ2) is 10.8. The number of carbonyl (C=O) groups excluding carboxylic acids is 3. The molecule has 1 atom stereocenters. The van der Waals surface area contributed by atoms with Gasteiger partial charge in [-0.3, -0.25) is 14.4 Å². The smallest absolute Gasteiger partial charge is 0.251 e. The number of carbonyl (C=O) groups is 3. The number of morpholine rings is 1. The molecule has 0 radical (unpaired) electrons. The molecule has 8 heteroatoms. The van der Waals surface area contributed by atoms with Gasteiger partial charge in [-0.1, -0.05) is 36.4 Å². The summed E-state index contributed by atoms with van der Waals surface area (Å²) in [5.41, 5.74) is 2.27. The molecule has 2 aliphatic heterocycles. The molecule has 0 saturated carbocycles. The quantitative estimate of drug-likeness (QED) is 0.679. The van der Waals surface area contributed by atoms with Crippen LogP contribution in [0, 0.1) is 5.92 Å². The number of thiophene rings is 1. The Labute approximate surface area is 198 Å². The van der Waals surface area contributed by atoms with Gasteiger partial charge in [0.1, 0.15) is 0 Å². The zero-order valence-corrected chi connectivity index (χ0v) is 19.6. The molecular formula is C25H29N3O4S. The van der Waals surface area contributed by atoms with E-state index in [2.05, 4.69) is 5.32 Å². The first kappa shape index (κ1) is 23.2. The highest BCUT2D eigenvalue weighted by atomic mass is 32.1. The van der Waals surface area contributed by atoms with Gasteiger partial charge in [-0.2, -0.15) is 0 Å². The van der Waals surface area contributed by atoms with Crippen LogP contribution in [0.1, 0.15) is 30.2 Å². The van der Waals surface area contributed by atoms with Crippen LogP contribution < -0.4 is 5.32 Å². The maximum atomic E-state index is 13.4. The lowest BCUT2D eigenvalue weighted by atomic mass is 9.88. The topological polar surface area (TPSA) is 79.0 Å². The number of allylic oxidation sites excluding steroid dienone is 1. The minimum Gasteiger partial charge on any atom is -0.378 e. The van der Waals surface area contributed by atoms with Crippen molar-refractivity contribution in [2.24, 2.45) is 5.92 Å². The van der Waals surface area contributed by atoms with Crippen molar-refractivity contribution in [2.75, 3.05) is 26.3 Å². The first-order valence-corrected chi connectivity index (χ1v) is 12.1. The van der Waals surface area contributed by atoms with Gasteiger partial charge in [-0.05, 0) is 30.4 Å². The predicted molar refractivity (Wildman–Crippen MR) is 126 cm³/mol. The first-order valence-electron chi connectivity index (χ1n) is 11.2. The Hall–Kier alpha value is -2.97. The van der Waals surface area contributed by atoms with E-state index in [0.717, 1.165) is 10.4 Å². The fourth-order valence-corrected chi connectivity index (χ4v) is 4.89. The molecule has 3 heterocycles. The van der Waals surface area contributed by atoms with Crippen molar-refractivity contribution < 1.29 is 19.1 Å². The molecule has 0 bridgehead atoms. The Balaban J connectivity index is 1.53. The molecule has 1 N–H and O–H groups in total. The number of nitrogens with one attached hydrogen (secondary N) is 1. The first-order chi connectivity index (χ1) is 16.0. The van der Waals surface area contributed by atoms with E-state index >= 15 is 0 Å². The van der Waals surface area contributed by atoms with Crippen molar-refractivity contribution >= 4 is 29.1 Å². The molecular weight excluding hydrogens is 438 g/mol. The normalized spacial score (nSPS) is 19.1. The lowest BCUT2D eigenvalue weighted by Gasteiger charge is -2.37. The standard InChI is InChI=1S/C25H29N3O4S/c1-18-22(25(31)27-9-11-32-12-10-27)14-20(15-23(29)26-16-21-8-5-13-33-21)24(30)28(18)17-19-6-3-2-4-7-19/h2-8,13,20H,9-12,14-17H2,1H3,(H,26,29). The predicted octanol–water partition coefficient (Wildman–Crippen LogP) is 2.94. The second-order valence-corrected chi connectivity index (χ2v) is 9.37. The fourth-order valence-electron chi connectivity index (χ4n) is 4.25. The Bertz CT molecular complexity index is 1010. The Morgan fingerprint density at radius 2 is 1.88 bits per heavy atom. The average molecular weight is 468 g/mol. The summed E-state index contributed by atoms with van der Waals surface area (Å²) in [6.07, 6.45) is 0.335. The number of benzene rings is 1. The van der Waals surface area contributed by atoms with Crippen LogP contribution in [0.25, 0.3) is 0 Å². The largest absolute Gasteiger partial charge is 0.378 e. The number of hydrogen-bond acceptors (Lipinski definition) is 5. The highest BCUT2D eigenvalue weighted by molar-refractivity contribution is 7.09. The summed E-state index contributed by atoms with van der Waals surface area (Å²) >= 11 is 1.58. The molecule has 1 fully saturated rings. The minimum atomic E-state index is -0.569. The maximum absolute atomic E-state index is 13.4. The summed E-state index contributed by atoms with van der Waals surface area (Å²) in [7, 11) is 0. The van der Waals surface area contributed by atoms with E-state index in [-0.39, 0.29) is 30.6 Å². The highest BCUT2D eigenvalue weighted by Gasteiger charge is 2.37. The van der Waals surface area contributed by atoms with E-state index in [1.54, 1.807) is 21.1 Å². The van der Waals surface area contributed by atoms with Gasteiger partial charge in [0.05, 0.1) is 32.2 Å². The van der Waals surface area contributed by atoms with Gasteiger partial charge in [0.15, 0.2) is 0 Å². The molecule has 1 saturated heterocycles. The molecule has 0 spiro atoms. The fraction of sp³-hybridized carbons (Fsp3) is 0.400. The van der Waals surface area contributed by atoms with Gasteiger partial charge in [0.2, 0.25) is 11.8 Å². The van der Waals surface area contributed by atoms with Crippen LogP contribution >= 0.6 is 11.3 Å². The SMILES string of the molecule is CC1=C(C(=O)N2CCOCC2)CC(CC(=O)NCc2cccs2)C(=O)N1Cc1ccccc1. The van der Waals surface area contributed by atoms with Gasteiger partial charge in [-0.25, -0.2) is 0 Å². The Morgan fingerprint density at radius 3 is 2.58 bits per heavy atom. The average Bonchev–Trinajstić information content (AvgIpc) is 3.37. The number of rotatable bonds is 7. The van der Waals surface area contributed by atoms with E-state index < -0.39 is 5.92 Å². The summed E-state index contributed by atoms with van der Waals surface area (Å²) in [6, 6.07) is 13.6. The number of ether oxygens (including phenoxy) is 1. The van der Waals surface area contributed by atoms with E-state index in [1.807, 2.05) is 54.8 Å². The van der Waals surface area contributed by atoms with E-state index in [0.29, 0.717) is 50.7 Å². The highest BCUT2D eigenvalue weighted by Crippen LogP contribution is 2.32. The van der Waals surface area contributed by atoms with Gasteiger partial charge >= 0.3 is 0 Å². The van der Waals surface area contributed by atoms with Gasteiger partial charge in [0.25, 0.3) is 5.91 Å². The lowest BCUT2D eigenvalue weighted by Crippen LogP contribution is -2.46. The van der Waals surface area contributed by atoms with Crippen LogP contribution in [0.3, 0.4) is 0 Å². The van der Waals surface area contributed by atoms with Crippen molar-refractivity contribution in [1.29, 1.82) is 0 Å². The Kier molecular flexibility index (Phi) is 7.57. The van der Waals surface area contributed by atoms with Crippen molar-refractivity contribution in [2.45, 2.75) is 32.9 Å². The van der Waals surface area contributed by atoms with Crippen molar-refractivity contribution in [3.8, 4) is 0 Å². The molecule has 1 unspecified atom stereocenters. The van der Waals surface area contributed by atoms with E-state index in [1.165, 1.54) is 0 Å². The van der Waals surface area contributed by atoms with Crippen molar-refractivity contribution in [3.05, 3.63) is 69.6 Å². The third-order valence-corrected chi connectivity index (χ3v) is 7.00. The molecule has 2 aromatic rings. The molecule has 7 nitrogen and oxygen atoms in total. The van der Waals surface area contributed by atoms with Crippen LogP contribution in [0.2, 0.25) is 0 Å². The van der Waals surface area contributed by atoms with E-state index in [9.17, 15) is 14.4 Å². The summed E-state index contributed by atoms with van der Waals surface area (Å²) in [5, 5.41) is 4.87. The summed E-state index contributed by atoms with van der Waals surface area (Å²) < 4.78 is 5.39. The van der Waals surface area contributed by atoms with Crippen molar-refractivity contribution in [3.63, 3.8) is 0 Å². The summed E-state index contributed by atoms with van der Waals surface area (Å²) in [6.45, 7) is 4.75. The maximum Gasteiger partial charge on any atom is 0.251 e. The molecule has 2 aliphatic rings. The van der Waals surface area contributed by atoms with Gasteiger partial charge < -0.3 is 19.9 Å². The third kappa shape index (κ3) is 5.69. The summed E-state index contributed by atoms with van der Waals surface area (Å²) in [5.74, 6) is -0.925. The second-order valence-electron chi connectivity index (χ2n) is 8.34. The zero-order chi connectivity index (χ0) is 23.2. The van der Waals surface area contributed by atoms with Crippen molar-refractivity contribution in [1.82, 2.24) is 15.1 Å². The van der Waals surface area contributed by atoms with Crippen LogP contribution in [0.4, 0.5) is 0 Å². The summed E-state index contributed by atoms with van der Waals surface area (Å²) in [4.78, 5) is 44.0. The molecule has 1 aromatic carbocycles. The lowest BCUT2D eigenvalue weighted by molar-refractivity contribution is -0.139. The number of hydrogen-bond donors (Lipinski definition) is 1.